The van der Waals surface area contributed by atoms with Crippen molar-refractivity contribution in [3.05, 3.63) is 118 Å². The highest BCUT2D eigenvalue weighted by molar-refractivity contribution is 6.31. The Morgan fingerprint density at radius 1 is 1.07 bits per heavy atom. The van der Waals surface area contributed by atoms with Gasteiger partial charge in [-0.2, -0.15) is 5.10 Å². The van der Waals surface area contributed by atoms with Crippen molar-refractivity contribution in [2.24, 2.45) is 5.73 Å². The monoisotopic (exact) mass is 566 g/mol. The zero-order chi connectivity index (χ0) is 29.1. The van der Waals surface area contributed by atoms with Crippen LogP contribution in [0.1, 0.15) is 62.4 Å². The van der Waals surface area contributed by atoms with Gasteiger partial charge in [0.2, 0.25) is 0 Å². The van der Waals surface area contributed by atoms with E-state index in [0.717, 1.165) is 27.7 Å². The Morgan fingerprint density at radius 3 is 2.59 bits per heavy atom. The minimum absolute atomic E-state index is 0.0273. The summed E-state index contributed by atoms with van der Waals surface area (Å²) >= 11 is 6.17. The van der Waals surface area contributed by atoms with Gasteiger partial charge < -0.3 is 16.2 Å². The Hall–Kier alpha value is -5.02. The number of amides is 1. The quantitative estimate of drug-likeness (QED) is 0.113. The van der Waals surface area contributed by atoms with Gasteiger partial charge in [0.15, 0.2) is 0 Å². The molecule has 2 heterocycles. The fraction of sp³-hybridized carbons (Fsp3) is 0.129. The van der Waals surface area contributed by atoms with E-state index in [1.54, 1.807) is 54.9 Å². The van der Waals surface area contributed by atoms with E-state index in [0.29, 0.717) is 40.2 Å². The molecular formula is C31H27ClN6O3. The normalized spacial score (nSPS) is 11.8. The number of nitrogens with one attached hydrogen (secondary N) is 3. The molecule has 3 aromatic carbocycles. The number of aromatic nitrogens is 3. The second-order valence-corrected chi connectivity index (χ2v) is 10.0. The molecule has 10 heteroatoms. The number of benzene rings is 3. The number of nitrogens with two attached hydrogens (primary N) is 1. The summed E-state index contributed by atoms with van der Waals surface area (Å²) in [5.41, 5.74) is 10.9. The first-order valence-electron chi connectivity index (χ1n) is 12.9. The standard InChI is InChI=1S/C31H27ClN6O3/c1-2-21(28-24-9-5-18(29(33)34)13-27(24)37-38-28)22-8-6-19(30(39)36-16-17-4-3-11-35-15-17)12-25(22)23-10-7-20(32)14-26(23)31(40)41/h3-15,21H,2,16H2,1H3,(H3,33,34)(H,36,39)(H,37,38)(H,40,41). The molecule has 0 radical (unpaired) electrons. The van der Waals surface area contributed by atoms with Crippen LogP contribution in [0.5, 0.6) is 0 Å². The van der Waals surface area contributed by atoms with Crippen LogP contribution in [0, 0.1) is 5.41 Å². The zero-order valence-electron chi connectivity index (χ0n) is 22.1. The summed E-state index contributed by atoms with van der Waals surface area (Å²) in [7, 11) is 0. The maximum atomic E-state index is 13.2. The third-order valence-electron chi connectivity index (χ3n) is 7.01. The maximum Gasteiger partial charge on any atom is 0.336 e. The summed E-state index contributed by atoms with van der Waals surface area (Å²) < 4.78 is 0. The number of aromatic carboxylic acids is 1. The second kappa shape index (κ2) is 11.6. The fourth-order valence-electron chi connectivity index (χ4n) is 4.98. The smallest absolute Gasteiger partial charge is 0.336 e. The molecule has 5 rings (SSSR count). The Morgan fingerprint density at radius 2 is 1.88 bits per heavy atom. The molecule has 0 aliphatic heterocycles. The van der Waals surface area contributed by atoms with E-state index in [9.17, 15) is 14.7 Å². The number of nitrogen functional groups attached to an aromatic ring is 1. The Labute approximate surface area is 240 Å². The Balaban J connectivity index is 1.63. The number of fused-ring (bicyclic) bond motifs is 1. The molecule has 1 unspecified atom stereocenters. The zero-order valence-corrected chi connectivity index (χ0v) is 22.9. The van der Waals surface area contributed by atoms with E-state index < -0.39 is 5.97 Å². The predicted octanol–water partition coefficient (Wildman–Crippen LogP) is 5.73. The van der Waals surface area contributed by atoms with Crippen molar-refractivity contribution >= 4 is 40.2 Å². The number of carboxylic acids is 1. The largest absolute Gasteiger partial charge is 0.478 e. The van der Waals surface area contributed by atoms with Gasteiger partial charge in [0.25, 0.3) is 5.91 Å². The number of aromatic amines is 1. The average Bonchev–Trinajstić information content (AvgIpc) is 3.40. The number of carboxylic acid groups (broad SMARTS) is 1. The lowest BCUT2D eigenvalue weighted by atomic mass is 9.83. The molecule has 1 atom stereocenters. The number of carbonyl (C=O) groups excluding carboxylic acids is 1. The molecule has 0 fully saturated rings. The number of H-pyrrole nitrogens is 1. The van der Waals surface area contributed by atoms with Crippen LogP contribution in [-0.2, 0) is 6.54 Å². The van der Waals surface area contributed by atoms with Crippen molar-refractivity contribution in [3.8, 4) is 11.1 Å². The number of halogens is 1. The highest BCUT2D eigenvalue weighted by atomic mass is 35.5. The summed E-state index contributed by atoms with van der Waals surface area (Å²) in [4.78, 5) is 29.6. The number of hydrogen-bond donors (Lipinski definition) is 5. The number of amidine groups is 1. The molecule has 5 aromatic rings. The minimum atomic E-state index is -1.13. The summed E-state index contributed by atoms with van der Waals surface area (Å²) in [6.45, 7) is 2.32. The fourth-order valence-corrected chi connectivity index (χ4v) is 5.16. The summed E-state index contributed by atoms with van der Waals surface area (Å²) in [5.74, 6) is -1.72. The summed E-state index contributed by atoms with van der Waals surface area (Å²) in [6, 6.07) is 19.1. The predicted molar refractivity (Wildman–Crippen MR) is 158 cm³/mol. The first-order chi connectivity index (χ1) is 19.8. The molecule has 9 nitrogen and oxygen atoms in total. The molecule has 0 aliphatic rings. The van der Waals surface area contributed by atoms with Crippen molar-refractivity contribution in [3.63, 3.8) is 0 Å². The summed E-state index contributed by atoms with van der Waals surface area (Å²) in [6.07, 6.45) is 3.99. The van der Waals surface area contributed by atoms with E-state index in [2.05, 4.69) is 20.5 Å². The number of pyridine rings is 1. The van der Waals surface area contributed by atoms with Gasteiger partial charge >= 0.3 is 5.97 Å². The molecule has 206 valence electrons. The highest BCUT2D eigenvalue weighted by Crippen LogP contribution is 2.39. The van der Waals surface area contributed by atoms with Gasteiger partial charge in [-0.25, -0.2) is 4.79 Å². The molecule has 0 spiro atoms. The van der Waals surface area contributed by atoms with E-state index in [1.807, 2.05) is 25.1 Å². The first-order valence-corrected chi connectivity index (χ1v) is 13.3. The molecule has 2 aromatic heterocycles. The van der Waals surface area contributed by atoms with Crippen molar-refractivity contribution in [1.29, 1.82) is 5.41 Å². The first kappa shape index (κ1) is 27.5. The Bertz CT molecular complexity index is 1780. The molecule has 41 heavy (non-hydrogen) atoms. The van der Waals surface area contributed by atoms with Gasteiger partial charge in [0, 0.05) is 46.4 Å². The molecule has 0 bridgehead atoms. The van der Waals surface area contributed by atoms with Gasteiger partial charge in [-0.15, -0.1) is 0 Å². The lowest BCUT2D eigenvalue weighted by Gasteiger charge is -2.21. The van der Waals surface area contributed by atoms with Crippen LogP contribution in [0.25, 0.3) is 22.0 Å². The number of rotatable bonds is 9. The molecule has 1 amide bonds. The number of nitrogens with zero attached hydrogens (tertiary/aromatic N) is 2. The molecule has 0 saturated heterocycles. The number of carbonyl (C=O) groups is 2. The van der Waals surface area contributed by atoms with Crippen LogP contribution in [0.15, 0.2) is 79.1 Å². The lowest BCUT2D eigenvalue weighted by Crippen LogP contribution is -2.23. The minimum Gasteiger partial charge on any atom is -0.478 e. The number of hydrogen-bond acceptors (Lipinski definition) is 5. The van der Waals surface area contributed by atoms with Gasteiger partial charge in [0.05, 0.1) is 16.8 Å². The van der Waals surface area contributed by atoms with Gasteiger partial charge in [-0.1, -0.05) is 48.9 Å². The van der Waals surface area contributed by atoms with Crippen molar-refractivity contribution in [2.75, 3.05) is 0 Å². The van der Waals surface area contributed by atoms with Crippen LogP contribution in [0.3, 0.4) is 0 Å². The van der Waals surface area contributed by atoms with E-state index in [4.69, 9.17) is 22.7 Å². The Kier molecular flexibility index (Phi) is 7.80. The molecule has 0 saturated carbocycles. The third kappa shape index (κ3) is 5.66. The van der Waals surface area contributed by atoms with Crippen LogP contribution in [0.4, 0.5) is 0 Å². The highest BCUT2D eigenvalue weighted by Gasteiger charge is 2.25. The molecular weight excluding hydrogens is 540 g/mol. The van der Waals surface area contributed by atoms with Crippen molar-refractivity contribution in [2.45, 2.75) is 25.8 Å². The van der Waals surface area contributed by atoms with Gasteiger partial charge in [-0.3, -0.25) is 20.3 Å². The average molecular weight is 567 g/mol. The van der Waals surface area contributed by atoms with Gasteiger partial charge in [0.1, 0.15) is 5.84 Å². The van der Waals surface area contributed by atoms with Crippen molar-refractivity contribution < 1.29 is 14.7 Å². The van der Waals surface area contributed by atoms with E-state index >= 15 is 0 Å². The maximum absolute atomic E-state index is 13.2. The van der Waals surface area contributed by atoms with E-state index in [1.165, 1.54) is 6.07 Å². The van der Waals surface area contributed by atoms with Crippen LogP contribution < -0.4 is 11.1 Å². The SMILES string of the molecule is CCC(c1ccc(C(=O)NCc2cccnc2)cc1-c1ccc(Cl)cc1C(=O)O)c1n[nH]c2cc(C(=N)N)ccc12. The molecule has 6 N–H and O–H groups in total. The molecule has 0 aliphatic carbocycles. The van der Waals surface area contributed by atoms with Gasteiger partial charge in [-0.05, 0) is 65.1 Å². The lowest BCUT2D eigenvalue weighted by molar-refractivity contribution is 0.0697. The second-order valence-electron chi connectivity index (χ2n) is 9.58. The van der Waals surface area contributed by atoms with Crippen LogP contribution in [-0.4, -0.2) is 38.0 Å². The van der Waals surface area contributed by atoms with Crippen molar-refractivity contribution in [1.82, 2.24) is 20.5 Å². The third-order valence-corrected chi connectivity index (χ3v) is 7.25. The van der Waals surface area contributed by atoms with Crippen LogP contribution >= 0.6 is 11.6 Å². The summed E-state index contributed by atoms with van der Waals surface area (Å²) in [5, 5.41) is 29.5. The van der Waals surface area contributed by atoms with E-state index in [-0.39, 0.29) is 23.2 Å². The topological polar surface area (TPSA) is 158 Å². The van der Waals surface area contributed by atoms with Crippen LogP contribution in [0.2, 0.25) is 5.02 Å².